The van der Waals surface area contributed by atoms with Crippen molar-refractivity contribution in [3.8, 4) is 0 Å². The van der Waals surface area contributed by atoms with Crippen molar-refractivity contribution >= 4 is 11.9 Å². The Balaban J connectivity index is 0. The minimum absolute atomic E-state index is 0.132. The number of carbonyl (C=O) groups excluding carboxylic acids is 1. The van der Waals surface area contributed by atoms with Gasteiger partial charge in [0.15, 0.2) is 0 Å². The van der Waals surface area contributed by atoms with E-state index in [1.54, 1.807) is 14.0 Å². The second-order valence-corrected chi connectivity index (χ2v) is 2.39. The monoisotopic (exact) mass is 192 g/mol. The molecule has 0 rings (SSSR count). The first-order chi connectivity index (χ1) is 5.90. The van der Waals surface area contributed by atoms with Crippen molar-refractivity contribution in [2.24, 2.45) is 0 Å². The molecular formula is C8H16O5. The van der Waals surface area contributed by atoms with E-state index in [0.29, 0.717) is 6.61 Å². The van der Waals surface area contributed by atoms with Crippen LogP contribution in [-0.2, 0) is 19.1 Å². The summed E-state index contributed by atoms with van der Waals surface area (Å²) in [6.07, 6.45) is -0.132. The largest absolute Gasteiger partial charge is 0.481 e. The van der Waals surface area contributed by atoms with Crippen molar-refractivity contribution in [1.82, 2.24) is 0 Å². The van der Waals surface area contributed by atoms with Crippen LogP contribution < -0.4 is 0 Å². The number of rotatable bonds is 3. The van der Waals surface area contributed by atoms with E-state index in [1.807, 2.05) is 0 Å². The second kappa shape index (κ2) is 8.99. The second-order valence-electron chi connectivity index (χ2n) is 2.39. The van der Waals surface area contributed by atoms with E-state index < -0.39 is 5.97 Å². The molecule has 78 valence electrons. The molecule has 0 aromatic heterocycles. The SMILES string of the molecule is CC(=O)O.COCC(C)OC(C)=O. The van der Waals surface area contributed by atoms with Crippen molar-refractivity contribution < 1.29 is 24.2 Å². The van der Waals surface area contributed by atoms with Gasteiger partial charge in [0, 0.05) is 21.0 Å². The fourth-order valence-electron chi connectivity index (χ4n) is 0.552. The maximum absolute atomic E-state index is 10.3. The quantitative estimate of drug-likeness (QED) is 0.665. The zero-order chi connectivity index (χ0) is 10.9. The molecule has 0 bridgehead atoms. The molecule has 0 aliphatic rings. The van der Waals surface area contributed by atoms with E-state index in [1.165, 1.54) is 6.92 Å². The number of esters is 1. The smallest absolute Gasteiger partial charge is 0.302 e. The lowest BCUT2D eigenvalue weighted by Crippen LogP contribution is -2.17. The summed E-state index contributed by atoms with van der Waals surface area (Å²) >= 11 is 0. The molecule has 1 atom stereocenters. The summed E-state index contributed by atoms with van der Waals surface area (Å²) in [6, 6.07) is 0. The summed E-state index contributed by atoms with van der Waals surface area (Å²) in [5.74, 6) is -1.10. The van der Waals surface area contributed by atoms with Gasteiger partial charge in [-0.2, -0.15) is 0 Å². The Morgan fingerprint density at radius 2 is 1.77 bits per heavy atom. The highest BCUT2D eigenvalue weighted by atomic mass is 16.6. The summed E-state index contributed by atoms with van der Waals surface area (Å²) in [5, 5.41) is 7.42. The summed E-state index contributed by atoms with van der Waals surface area (Å²) in [5.41, 5.74) is 0. The molecule has 0 saturated heterocycles. The Kier molecular flexibility index (Phi) is 9.98. The van der Waals surface area contributed by atoms with Gasteiger partial charge in [-0.1, -0.05) is 0 Å². The van der Waals surface area contributed by atoms with E-state index >= 15 is 0 Å². The van der Waals surface area contributed by atoms with Crippen molar-refractivity contribution in [1.29, 1.82) is 0 Å². The van der Waals surface area contributed by atoms with Gasteiger partial charge in [0.1, 0.15) is 6.10 Å². The molecule has 0 saturated carbocycles. The van der Waals surface area contributed by atoms with Crippen LogP contribution >= 0.6 is 0 Å². The molecule has 1 unspecified atom stereocenters. The lowest BCUT2D eigenvalue weighted by atomic mass is 10.4. The van der Waals surface area contributed by atoms with Crippen molar-refractivity contribution in [3.63, 3.8) is 0 Å². The van der Waals surface area contributed by atoms with Crippen LogP contribution in [0.3, 0.4) is 0 Å². The third-order valence-corrected chi connectivity index (χ3v) is 0.769. The van der Waals surface area contributed by atoms with Gasteiger partial charge in [0.2, 0.25) is 0 Å². The highest BCUT2D eigenvalue weighted by molar-refractivity contribution is 5.66. The van der Waals surface area contributed by atoms with Crippen LogP contribution in [-0.4, -0.2) is 36.9 Å². The molecule has 1 N–H and O–H groups in total. The maximum atomic E-state index is 10.3. The molecule has 0 spiro atoms. The topological polar surface area (TPSA) is 72.8 Å². The van der Waals surface area contributed by atoms with Gasteiger partial charge in [-0.15, -0.1) is 0 Å². The van der Waals surface area contributed by atoms with Crippen molar-refractivity contribution in [2.75, 3.05) is 13.7 Å². The average Bonchev–Trinajstić information content (AvgIpc) is 1.83. The molecular weight excluding hydrogens is 176 g/mol. The van der Waals surface area contributed by atoms with Gasteiger partial charge in [-0.3, -0.25) is 9.59 Å². The zero-order valence-electron chi connectivity index (χ0n) is 8.36. The molecule has 0 aliphatic carbocycles. The summed E-state index contributed by atoms with van der Waals surface area (Å²) in [4.78, 5) is 19.3. The third-order valence-electron chi connectivity index (χ3n) is 0.769. The number of hydrogen-bond donors (Lipinski definition) is 1. The third kappa shape index (κ3) is 24.8. The van der Waals surface area contributed by atoms with Crippen LogP contribution in [0, 0.1) is 0 Å². The van der Waals surface area contributed by atoms with Crippen LogP contribution in [0.15, 0.2) is 0 Å². The molecule has 0 aromatic carbocycles. The van der Waals surface area contributed by atoms with Crippen molar-refractivity contribution in [2.45, 2.75) is 26.9 Å². The van der Waals surface area contributed by atoms with E-state index in [-0.39, 0.29) is 12.1 Å². The van der Waals surface area contributed by atoms with Gasteiger partial charge < -0.3 is 14.6 Å². The number of methoxy groups -OCH3 is 1. The van der Waals surface area contributed by atoms with Gasteiger partial charge in [-0.25, -0.2) is 0 Å². The molecule has 0 aliphatic heterocycles. The average molecular weight is 192 g/mol. The molecule has 0 amide bonds. The molecule has 0 fully saturated rings. The molecule has 13 heavy (non-hydrogen) atoms. The van der Waals surface area contributed by atoms with Gasteiger partial charge in [0.05, 0.1) is 6.61 Å². The van der Waals surface area contributed by atoms with Gasteiger partial charge in [0.25, 0.3) is 5.97 Å². The number of ether oxygens (including phenoxy) is 2. The Hall–Kier alpha value is -1.10. The fraction of sp³-hybridized carbons (Fsp3) is 0.750. The molecule has 0 heterocycles. The number of carbonyl (C=O) groups is 2. The first kappa shape index (κ1) is 14.4. The van der Waals surface area contributed by atoms with Crippen LogP contribution in [0.4, 0.5) is 0 Å². The maximum Gasteiger partial charge on any atom is 0.302 e. The van der Waals surface area contributed by atoms with E-state index in [0.717, 1.165) is 6.92 Å². The number of hydrogen-bond acceptors (Lipinski definition) is 4. The lowest BCUT2D eigenvalue weighted by Gasteiger charge is -2.08. The van der Waals surface area contributed by atoms with Crippen LogP contribution in [0.5, 0.6) is 0 Å². The standard InChI is InChI=1S/C6H12O3.C2H4O2/c1-5(4-8-3)9-6(2)7;1-2(3)4/h5H,4H2,1-3H3;1H3,(H,3,4). The number of carboxylic acids is 1. The van der Waals surface area contributed by atoms with E-state index in [4.69, 9.17) is 19.4 Å². The normalized spacial score (nSPS) is 10.8. The van der Waals surface area contributed by atoms with Crippen LogP contribution in [0.25, 0.3) is 0 Å². The van der Waals surface area contributed by atoms with E-state index in [2.05, 4.69) is 0 Å². The van der Waals surface area contributed by atoms with Crippen molar-refractivity contribution in [3.05, 3.63) is 0 Å². The summed E-state index contributed by atoms with van der Waals surface area (Å²) < 4.78 is 9.45. The highest BCUT2D eigenvalue weighted by Gasteiger charge is 2.02. The number of aliphatic carboxylic acids is 1. The highest BCUT2D eigenvalue weighted by Crippen LogP contribution is 1.90. The van der Waals surface area contributed by atoms with Crippen LogP contribution in [0.2, 0.25) is 0 Å². The lowest BCUT2D eigenvalue weighted by molar-refractivity contribution is -0.147. The predicted molar refractivity (Wildman–Crippen MR) is 46.4 cm³/mol. The molecule has 0 aromatic rings. The predicted octanol–water partition coefficient (Wildman–Crippen LogP) is 0.675. The Morgan fingerprint density at radius 1 is 1.38 bits per heavy atom. The molecule has 5 heteroatoms. The van der Waals surface area contributed by atoms with Gasteiger partial charge >= 0.3 is 5.97 Å². The first-order valence-corrected chi connectivity index (χ1v) is 3.75. The summed E-state index contributed by atoms with van der Waals surface area (Å²) in [6.45, 7) is 4.70. The first-order valence-electron chi connectivity index (χ1n) is 3.75. The van der Waals surface area contributed by atoms with Gasteiger partial charge in [-0.05, 0) is 6.92 Å². The number of carboxylic acid groups (broad SMARTS) is 1. The minimum atomic E-state index is -0.833. The summed E-state index contributed by atoms with van der Waals surface area (Å²) in [7, 11) is 1.57. The minimum Gasteiger partial charge on any atom is -0.481 e. The zero-order valence-corrected chi connectivity index (χ0v) is 8.36. The van der Waals surface area contributed by atoms with E-state index in [9.17, 15) is 4.79 Å². The molecule has 0 radical (unpaired) electrons. The Morgan fingerprint density at radius 3 is 2.00 bits per heavy atom. The van der Waals surface area contributed by atoms with Crippen LogP contribution in [0.1, 0.15) is 20.8 Å². The Labute approximate surface area is 77.6 Å². The Bertz CT molecular complexity index is 151. The molecule has 5 nitrogen and oxygen atoms in total. The fourth-order valence-corrected chi connectivity index (χ4v) is 0.552.